The Balaban J connectivity index is 0.000000118. The molecule has 3 aliphatic heterocycles. The van der Waals surface area contributed by atoms with E-state index >= 15 is 0 Å². The maximum absolute atomic E-state index is 10.4. The highest BCUT2D eigenvalue weighted by atomic mass is 16.5. The highest BCUT2D eigenvalue weighted by molar-refractivity contribution is 6.00. The Morgan fingerprint density at radius 1 is 0.192 bits per heavy atom. The summed E-state index contributed by atoms with van der Waals surface area (Å²) >= 11 is 0. The lowest BCUT2D eigenvalue weighted by molar-refractivity contribution is 0.399. The molecule has 0 radical (unpaired) electrons. The van der Waals surface area contributed by atoms with E-state index in [2.05, 4.69) is 84.9 Å². The summed E-state index contributed by atoms with van der Waals surface area (Å²) in [4.78, 5) is 0. The maximum atomic E-state index is 10.4. The smallest absolute Gasteiger partial charge is 0.132 e. The Labute approximate surface area is 598 Å². The predicted octanol–water partition coefficient (Wildman–Crippen LogP) is 22.1. The van der Waals surface area contributed by atoms with E-state index in [4.69, 9.17) is 24.4 Å². The van der Waals surface area contributed by atoms with E-state index in [1.807, 2.05) is 176 Å². The Morgan fingerprint density at radius 3 is 0.740 bits per heavy atom. The second-order valence-corrected chi connectivity index (χ2v) is 25.9. The molecule has 8 N–H and O–H groups in total. The summed E-state index contributed by atoms with van der Waals surface area (Å²) in [6.07, 6.45) is 0. The fourth-order valence-corrected chi connectivity index (χ4v) is 15.5. The zero-order chi connectivity index (χ0) is 71.3. The van der Waals surface area contributed by atoms with Gasteiger partial charge in [-0.25, -0.2) is 0 Å². The lowest BCUT2D eigenvalue weighted by Crippen LogP contribution is -2.13. The number of ether oxygens (including phenoxy) is 3. The van der Waals surface area contributed by atoms with Crippen LogP contribution in [-0.4, -0.2) is 55.1 Å². The summed E-state index contributed by atoms with van der Waals surface area (Å²) < 4.78 is 19.3. The summed E-state index contributed by atoms with van der Waals surface area (Å²) in [6.45, 7) is 0. The van der Waals surface area contributed by atoms with Crippen LogP contribution in [0.4, 0.5) is 0 Å². The molecule has 0 aliphatic carbocycles. The number of aliphatic hydroxyl groups excluding tert-OH is 2. The zero-order valence-electron chi connectivity index (χ0n) is 56.5. The van der Waals surface area contributed by atoms with Gasteiger partial charge in [0.1, 0.15) is 69.0 Å². The molecular formula is C93H68O11. The van der Waals surface area contributed by atoms with Crippen molar-refractivity contribution < 1.29 is 55.1 Å². The molecule has 0 unspecified atom stereocenters. The SMILES string of the molecule is CO.CO.Oc1ccc2ccc3c(c2c1)C(c1ccc(-c2ccccc2)cc1)c1c(ccc2ccc(O)cc12)O3.Oc1ccc2ccc3c(c2c1)C(c1ccc2ccccc2c1)c1c(ccc2ccc(O)cc12)O3.Oc1ccc2ccc3c(c2c1)C(c1ccccc1)c1c(ccc2ccc(O)cc12)O3. The second kappa shape index (κ2) is 27.3. The number of phenols is 6. The van der Waals surface area contributed by atoms with Gasteiger partial charge in [0, 0.05) is 65.4 Å². The van der Waals surface area contributed by atoms with Crippen molar-refractivity contribution in [3.63, 3.8) is 0 Å². The Kier molecular flexibility index (Phi) is 17.2. The van der Waals surface area contributed by atoms with Gasteiger partial charge in [-0.3, -0.25) is 0 Å². The van der Waals surface area contributed by atoms with Gasteiger partial charge in [-0.1, -0.05) is 200 Å². The van der Waals surface area contributed by atoms with Crippen molar-refractivity contribution in [1.82, 2.24) is 0 Å². The Bertz CT molecular complexity index is 5900. The van der Waals surface area contributed by atoms with E-state index in [0.717, 1.165) is 169 Å². The molecule has 3 aliphatic rings. The first kappa shape index (κ1) is 65.3. The molecule has 17 aromatic carbocycles. The van der Waals surface area contributed by atoms with Crippen LogP contribution in [0.3, 0.4) is 0 Å². The first-order valence-electron chi connectivity index (χ1n) is 34.2. The van der Waals surface area contributed by atoms with Crippen LogP contribution in [0.2, 0.25) is 0 Å². The molecule has 104 heavy (non-hydrogen) atoms. The van der Waals surface area contributed by atoms with Crippen LogP contribution < -0.4 is 14.2 Å². The number of hydrogen-bond donors (Lipinski definition) is 8. The molecule has 0 atom stereocenters. The topological polar surface area (TPSA) is 190 Å². The molecule has 3 heterocycles. The van der Waals surface area contributed by atoms with Gasteiger partial charge in [-0.05, 0) is 212 Å². The minimum absolute atomic E-state index is 0.0963. The normalized spacial score (nSPS) is 12.6. The average Bonchev–Trinajstić information content (AvgIpc) is 0.737. The second-order valence-electron chi connectivity index (χ2n) is 25.9. The van der Waals surface area contributed by atoms with Crippen LogP contribution in [-0.2, 0) is 0 Å². The number of phenolic OH excluding ortho intramolecular Hbond substituents is 6. The molecule has 0 aromatic heterocycles. The van der Waals surface area contributed by atoms with Gasteiger partial charge in [0.15, 0.2) is 0 Å². The van der Waals surface area contributed by atoms with E-state index in [0.29, 0.717) is 0 Å². The van der Waals surface area contributed by atoms with Crippen LogP contribution in [0.1, 0.15) is 67.8 Å². The van der Waals surface area contributed by atoms with Crippen molar-refractivity contribution in [2.45, 2.75) is 17.8 Å². The third-order valence-corrected chi connectivity index (χ3v) is 20.0. The molecule has 17 aromatic rings. The molecule has 0 saturated carbocycles. The quantitative estimate of drug-likeness (QED) is 0.0837. The summed E-state index contributed by atoms with van der Waals surface area (Å²) in [7, 11) is 2.00. The molecule has 0 amide bonds. The number of aromatic hydroxyl groups is 6. The average molecular weight is 1360 g/mol. The Morgan fingerprint density at radius 2 is 0.423 bits per heavy atom. The van der Waals surface area contributed by atoms with Crippen LogP contribution in [0.25, 0.3) is 86.5 Å². The summed E-state index contributed by atoms with van der Waals surface area (Å²) in [6, 6.07) is 101. The maximum Gasteiger partial charge on any atom is 0.132 e. The first-order chi connectivity index (χ1) is 51.0. The van der Waals surface area contributed by atoms with Crippen molar-refractivity contribution in [2.24, 2.45) is 0 Å². The van der Waals surface area contributed by atoms with Gasteiger partial charge in [-0.15, -0.1) is 0 Å². The van der Waals surface area contributed by atoms with Gasteiger partial charge < -0.3 is 55.1 Å². The van der Waals surface area contributed by atoms with Crippen molar-refractivity contribution in [3.05, 3.63) is 359 Å². The Hall–Kier alpha value is -13.3. The molecule has 0 saturated heterocycles. The zero-order valence-corrected chi connectivity index (χ0v) is 56.5. The predicted molar refractivity (Wildman–Crippen MR) is 415 cm³/mol. The van der Waals surface area contributed by atoms with E-state index in [9.17, 15) is 30.6 Å². The summed E-state index contributed by atoms with van der Waals surface area (Å²) in [5, 5.41) is 90.2. The molecule has 506 valence electrons. The van der Waals surface area contributed by atoms with Gasteiger partial charge in [-0.2, -0.15) is 0 Å². The number of fused-ring (bicyclic) bond motifs is 19. The molecule has 0 bridgehead atoms. The molecule has 0 fully saturated rings. The minimum atomic E-state index is -0.149. The largest absolute Gasteiger partial charge is 0.508 e. The molecule has 11 heteroatoms. The van der Waals surface area contributed by atoms with Gasteiger partial charge >= 0.3 is 0 Å². The number of hydrogen-bond acceptors (Lipinski definition) is 11. The van der Waals surface area contributed by atoms with Crippen molar-refractivity contribution in [2.75, 3.05) is 14.2 Å². The van der Waals surface area contributed by atoms with Crippen molar-refractivity contribution in [1.29, 1.82) is 0 Å². The van der Waals surface area contributed by atoms with Crippen LogP contribution in [0.5, 0.6) is 69.0 Å². The van der Waals surface area contributed by atoms with Gasteiger partial charge in [0.05, 0.1) is 0 Å². The lowest BCUT2D eigenvalue weighted by Gasteiger charge is -2.31. The van der Waals surface area contributed by atoms with Crippen molar-refractivity contribution >= 4 is 75.4 Å². The van der Waals surface area contributed by atoms with E-state index in [1.54, 1.807) is 48.5 Å². The highest BCUT2D eigenvalue weighted by Crippen LogP contribution is 2.57. The summed E-state index contributed by atoms with van der Waals surface area (Å²) in [5.74, 6) is 5.63. The third-order valence-electron chi connectivity index (χ3n) is 20.0. The summed E-state index contributed by atoms with van der Waals surface area (Å²) in [5.41, 5.74) is 11.8. The first-order valence-corrected chi connectivity index (χ1v) is 34.2. The minimum Gasteiger partial charge on any atom is -0.508 e. The fourth-order valence-electron chi connectivity index (χ4n) is 15.5. The molecular weight excluding hydrogens is 1290 g/mol. The number of benzene rings is 17. The van der Waals surface area contributed by atoms with Crippen LogP contribution in [0.15, 0.2) is 309 Å². The monoisotopic (exact) mass is 1360 g/mol. The standard InChI is InChI=1S/C33H22O3.C31H20O3.C27H18O3.2CH4O/c34-25-14-10-22-12-16-29-32(27(22)18-25)31(24-8-6-21(7-9-24)20-4-2-1-3-5-20)33-28-19-26(35)15-11-23(28)13-17-30(33)36-29;32-23-11-7-19-9-13-27-30(25(19)16-23)29(22-6-5-18-3-1-2-4-21(18)15-22)31-26-17-24(33)12-8-20(26)10-14-28(31)34-27;28-19-10-6-16-8-12-23-26(21(16)14-19)25(18-4-2-1-3-5-18)27-22-15-20(29)11-7-17(22)9-13-24(27)30-23;2*1-2/h1-19,31,34-35H;1-17,29,32-33H;1-15,25,28-29H;2*2H,1H3. The third kappa shape index (κ3) is 11.8. The fraction of sp³-hybridized carbons (Fsp3) is 0.0538. The van der Waals surface area contributed by atoms with Crippen LogP contribution >= 0.6 is 0 Å². The molecule has 20 rings (SSSR count). The lowest BCUT2D eigenvalue weighted by atomic mass is 9.78. The molecule has 0 spiro atoms. The van der Waals surface area contributed by atoms with Gasteiger partial charge in [0.2, 0.25) is 0 Å². The van der Waals surface area contributed by atoms with E-state index in [-0.39, 0.29) is 52.3 Å². The van der Waals surface area contributed by atoms with E-state index < -0.39 is 0 Å². The van der Waals surface area contributed by atoms with Gasteiger partial charge in [0.25, 0.3) is 0 Å². The number of aliphatic hydroxyl groups is 2. The highest BCUT2D eigenvalue weighted by Gasteiger charge is 2.36. The van der Waals surface area contributed by atoms with Crippen LogP contribution in [0, 0.1) is 0 Å². The van der Waals surface area contributed by atoms with Crippen molar-refractivity contribution in [3.8, 4) is 80.1 Å². The molecule has 11 nitrogen and oxygen atoms in total. The van der Waals surface area contributed by atoms with E-state index in [1.165, 1.54) is 16.3 Å². The number of rotatable bonds is 4.